The number of hydrogen-bond acceptors (Lipinski definition) is 3. The van der Waals surface area contributed by atoms with Crippen LogP contribution in [0.25, 0.3) is 0 Å². The first-order valence-electron chi connectivity index (χ1n) is 0.612. The van der Waals surface area contributed by atoms with E-state index in [2.05, 4.69) is 0 Å². The van der Waals surface area contributed by atoms with Crippen LogP contribution < -0.4 is 148 Å². The van der Waals surface area contributed by atoms with Crippen LogP contribution in [0.5, 0.6) is 0 Å². The van der Waals surface area contributed by atoms with Crippen molar-refractivity contribution in [3.63, 3.8) is 0 Å². The zero-order valence-corrected chi connectivity index (χ0v) is 13.5. The van der Waals surface area contributed by atoms with Gasteiger partial charge >= 0.3 is 170 Å². The molecule has 0 aliphatic heterocycles. The zero-order chi connectivity index (χ0) is 3.58. The average Bonchev–Trinajstić information content (AvgIpc) is 0.811. The molecule has 0 unspecified atom stereocenters. The van der Waals surface area contributed by atoms with Crippen LogP contribution >= 0.6 is 0 Å². The van der Waals surface area contributed by atoms with Crippen molar-refractivity contribution in [3.05, 3.63) is 0 Å². The van der Waals surface area contributed by atoms with E-state index in [1.165, 1.54) is 0 Å². The molecule has 0 saturated carbocycles. The van der Waals surface area contributed by atoms with Gasteiger partial charge in [-0.05, 0) is 0 Å². The van der Waals surface area contributed by atoms with Crippen molar-refractivity contribution in [3.8, 4) is 0 Å². The summed E-state index contributed by atoms with van der Waals surface area (Å²) < 4.78 is 25.8. The summed E-state index contributed by atoms with van der Waals surface area (Å²) in [6.07, 6.45) is 0. The molecule has 0 aromatic heterocycles. The molecule has 0 aliphatic rings. The summed E-state index contributed by atoms with van der Waals surface area (Å²) in [5.74, 6) is 0. The van der Waals surface area contributed by atoms with E-state index in [4.69, 9.17) is 10.7 Å². The fraction of sp³-hybridized carbons (Fsp3) is 0. The van der Waals surface area contributed by atoms with Crippen LogP contribution in [-0.4, -0.2) is 0 Å². The van der Waals surface area contributed by atoms with Crippen molar-refractivity contribution in [2.75, 3.05) is 0 Å². The van der Waals surface area contributed by atoms with Gasteiger partial charge in [-0.25, -0.2) is 0 Å². The van der Waals surface area contributed by atoms with Crippen molar-refractivity contribution in [1.82, 2.24) is 0 Å². The molecule has 0 saturated heterocycles. The molecule has 0 aromatic carbocycles. The fourth-order valence-electron chi connectivity index (χ4n) is 0. The van der Waals surface area contributed by atoms with Crippen molar-refractivity contribution >= 4 is 0 Å². The Hall–Kier alpha value is 4.90. The molecule has 0 heterocycles. The predicted octanol–water partition coefficient (Wildman–Crippen LogP) is -14.3. The molecule has 0 bridgehead atoms. The summed E-state index contributed by atoms with van der Waals surface area (Å²) in [6.45, 7) is 0. The second-order valence-corrected chi connectivity index (χ2v) is 1.03. The molecule has 0 atom stereocenters. The van der Waals surface area contributed by atoms with E-state index in [0.29, 0.717) is 0 Å². The van der Waals surface area contributed by atoms with Gasteiger partial charge in [-0.2, -0.15) is 0 Å². The van der Waals surface area contributed by atoms with E-state index in [-0.39, 0.29) is 143 Å². The minimum absolute atomic E-state index is 0. The van der Waals surface area contributed by atoms with Crippen LogP contribution in [0.3, 0.4) is 0 Å². The minimum atomic E-state index is -4.08. The molecule has 0 aromatic rings. The van der Waals surface area contributed by atoms with Gasteiger partial charge in [-0.15, -0.1) is 0 Å². The predicted molar refractivity (Wildman–Crippen MR) is 2.91 cm³/mol. The van der Waals surface area contributed by atoms with E-state index in [1.54, 1.807) is 0 Å². The van der Waals surface area contributed by atoms with Crippen molar-refractivity contribution in [2.24, 2.45) is 0 Å². The molecule has 0 rings (SSSR count). The summed E-state index contributed by atoms with van der Waals surface area (Å²) in [6, 6.07) is 0. The van der Waals surface area contributed by atoms with Gasteiger partial charge in [-0.3, -0.25) is 0 Å². The molecule has 0 N–H and O–H groups in total. The summed E-state index contributed by atoms with van der Waals surface area (Å²) in [5.41, 5.74) is 0. The van der Waals surface area contributed by atoms with Gasteiger partial charge in [-0.1, -0.05) is 0 Å². The van der Waals surface area contributed by atoms with Crippen molar-refractivity contribution in [2.45, 2.75) is 0 Å². The molecule has 8 heteroatoms. The van der Waals surface area contributed by atoms with Crippen LogP contribution in [0.2, 0.25) is 0 Å². The summed E-state index contributed by atoms with van der Waals surface area (Å²) in [7, 11) is 0. The molecule has 0 amide bonds. The fourth-order valence-corrected chi connectivity index (χ4v) is 0. The molecule has 0 spiro atoms. The molecule has 0 radical (unpaired) electrons. The third-order valence-electron chi connectivity index (χ3n) is 0. The van der Waals surface area contributed by atoms with Gasteiger partial charge in [0.05, 0.1) is 0 Å². The maximum absolute atomic E-state index is 8.58. The summed E-state index contributed by atoms with van der Waals surface area (Å²) in [4.78, 5) is 0. The van der Waals surface area contributed by atoms with Crippen LogP contribution in [0, 0.1) is 0 Å². The van der Waals surface area contributed by atoms with Gasteiger partial charge in [0.1, 0.15) is 0 Å². The average molecular weight is 190 g/mol. The van der Waals surface area contributed by atoms with Crippen LogP contribution in [0.1, 0.15) is 2.85 Å². The Balaban J connectivity index is -0.00000000300. The van der Waals surface area contributed by atoms with Crippen molar-refractivity contribution in [1.29, 1.82) is 0 Å². The van der Waals surface area contributed by atoms with Crippen molar-refractivity contribution < 1.29 is 173 Å². The standard InChI is InChI=1S/2K.2Li.3O.Ti.2H/q4*+1;;2*-1;;2*-1. The molecule has 3 nitrogen and oxygen atoms in total. The van der Waals surface area contributed by atoms with Crippen LogP contribution in [-0.2, 0) is 21.9 Å². The monoisotopic (exact) mass is 190 g/mol. The molecular weight excluding hydrogens is 188 g/mol. The van der Waals surface area contributed by atoms with Gasteiger partial charge in [0.15, 0.2) is 0 Å². The SMILES string of the molecule is [H-].[H-].[K+].[K+].[Li+].[Li+].[O]=[Ti]([O-])[O-]. The van der Waals surface area contributed by atoms with Gasteiger partial charge in [0, 0.05) is 0 Å². The molecule has 0 fully saturated rings. The third-order valence-corrected chi connectivity index (χ3v) is 0. The van der Waals surface area contributed by atoms with E-state index in [0.717, 1.165) is 0 Å². The van der Waals surface area contributed by atoms with Crippen LogP contribution in [0.15, 0.2) is 0 Å². The third kappa shape index (κ3) is 44.5. The van der Waals surface area contributed by atoms with Gasteiger partial charge in [0.2, 0.25) is 0 Å². The quantitative estimate of drug-likeness (QED) is 0.356. The molecule has 0 aliphatic carbocycles. The second kappa shape index (κ2) is 22.7. The number of hydrogen-bond donors (Lipinski definition) is 0. The van der Waals surface area contributed by atoms with E-state index in [9.17, 15) is 0 Å². The Kier molecular flexibility index (Phi) is 82.9. The van der Waals surface area contributed by atoms with E-state index in [1.807, 2.05) is 0 Å². The Morgan fingerprint density at radius 1 is 1.12 bits per heavy atom. The molecule has 28 valence electrons. The second-order valence-electron chi connectivity index (χ2n) is 0.250. The first-order chi connectivity index (χ1) is 1.73. The Morgan fingerprint density at radius 2 is 1.12 bits per heavy atom. The molecule has 8 heavy (non-hydrogen) atoms. The Bertz CT molecular complexity index is 45.5. The normalized spacial score (nSPS) is 3.25. The number of rotatable bonds is 0. The zero-order valence-electron chi connectivity index (χ0n) is 7.72. The summed E-state index contributed by atoms with van der Waals surface area (Å²) in [5, 5.41) is 0. The van der Waals surface area contributed by atoms with Gasteiger partial charge in [0.25, 0.3) is 0 Å². The maximum atomic E-state index is 8.58. The first-order valence-corrected chi connectivity index (χ1v) is 2.52. The van der Waals surface area contributed by atoms with E-state index < -0.39 is 18.6 Å². The summed E-state index contributed by atoms with van der Waals surface area (Å²) >= 11 is -4.08. The Labute approximate surface area is 167 Å². The van der Waals surface area contributed by atoms with Crippen LogP contribution in [0.4, 0.5) is 0 Å². The molecular formula is H2K2Li2O3Ti. The van der Waals surface area contributed by atoms with Gasteiger partial charge < -0.3 is 2.85 Å². The topological polar surface area (TPSA) is 63.2 Å². The first kappa shape index (κ1) is 29.3. The van der Waals surface area contributed by atoms with E-state index >= 15 is 0 Å². The Morgan fingerprint density at radius 3 is 1.12 bits per heavy atom.